The fourth-order valence-electron chi connectivity index (χ4n) is 3.66. The van der Waals surface area contributed by atoms with Gasteiger partial charge in [-0.25, -0.2) is 4.98 Å². The number of rotatable bonds is 6. The van der Waals surface area contributed by atoms with Crippen LogP contribution in [0.3, 0.4) is 0 Å². The highest BCUT2D eigenvalue weighted by atomic mass is 32.1. The minimum absolute atomic E-state index is 0.0471. The van der Waals surface area contributed by atoms with Crippen molar-refractivity contribution in [1.82, 2.24) is 9.55 Å². The third kappa shape index (κ3) is 3.98. The summed E-state index contributed by atoms with van der Waals surface area (Å²) in [5, 5.41) is 11.0. The van der Waals surface area contributed by atoms with Crippen LogP contribution in [-0.4, -0.2) is 27.4 Å². The van der Waals surface area contributed by atoms with Gasteiger partial charge in [-0.05, 0) is 36.3 Å². The van der Waals surface area contributed by atoms with Crippen LogP contribution < -0.4 is 5.56 Å². The van der Waals surface area contributed by atoms with Gasteiger partial charge < -0.3 is 9.84 Å². The molecule has 2 unspecified atom stereocenters. The molecule has 2 heterocycles. The Bertz CT molecular complexity index is 980. The van der Waals surface area contributed by atoms with Gasteiger partial charge in [-0.1, -0.05) is 37.3 Å². The zero-order valence-electron chi connectivity index (χ0n) is 15.4. The summed E-state index contributed by atoms with van der Waals surface area (Å²) in [7, 11) is 0. The van der Waals surface area contributed by atoms with Crippen LogP contribution in [0.2, 0.25) is 0 Å². The molecule has 1 aromatic carbocycles. The number of thiophene rings is 1. The molecule has 27 heavy (non-hydrogen) atoms. The van der Waals surface area contributed by atoms with Gasteiger partial charge in [0.15, 0.2) is 0 Å². The molecular weight excluding hydrogens is 360 g/mol. The lowest BCUT2D eigenvalue weighted by atomic mass is 9.89. The van der Waals surface area contributed by atoms with E-state index in [0.29, 0.717) is 12.5 Å². The van der Waals surface area contributed by atoms with E-state index in [2.05, 4.69) is 11.9 Å². The summed E-state index contributed by atoms with van der Waals surface area (Å²) in [5.41, 5.74) is 2.19. The normalized spacial score (nSPS) is 17.8. The van der Waals surface area contributed by atoms with Crippen molar-refractivity contribution >= 4 is 21.6 Å². The molecule has 1 N–H and O–H groups in total. The van der Waals surface area contributed by atoms with Gasteiger partial charge >= 0.3 is 0 Å². The van der Waals surface area contributed by atoms with E-state index in [1.807, 2.05) is 30.3 Å². The van der Waals surface area contributed by atoms with Crippen molar-refractivity contribution in [2.24, 2.45) is 5.92 Å². The third-order valence-electron chi connectivity index (χ3n) is 5.11. The van der Waals surface area contributed by atoms with Crippen molar-refractivity contribution in [2.45, 2.75) is 45.4 Å². The van der Waals surface area contributed by atoms with Crippen LogP contribution in [0.15, 0.2) is 41.5 Å². The maximum atomic E-state index is 13.0. The molecule has 5 nitrogen and oxygen atoms in total. The molecule has 2 aromatic heterocycles. The van der Waals surface area contributed by atoms with E-state index in [1.165, 1.54) is 15.0 Å². The predicted octanol–water partition coefficient (Wildman–Crippen LogP) is 3.16. The number of hydrogen-bond donors (Lipinski definition) is 1. The number of ether oxygens (including phenoxy) is 1. The smallest absolute Gasteiger partial charge is 0.262 e. The van der Waals surface area contributed by atoms with E-state index in [4.69, 9.17) is 4.74 Å². The lowest BCUT2D eigenvalue weighted by molar-refractivity contribution is 0.0198. The Morgan fingerprint density at radius 1 is 1.37 bits per heavy atom. The maximum absolute atomic E-state index is 13.0. The number of benzene rings is 1. The van der Waals surface area contributed by atoms with Crippen molar-refractivity contribution in [3.63, 3.8) is 0 Å². The Balaban J connectivity index is 1.45. The summed E-state index contributed by atoms with van der Waals surface area (Å²) >= 11 is 1.65. The molecule has 1 aliphatic rings. The van der Waals surface area contributed by atoms with Gasteiger partial charge in [-0.2, -0.15) is 0 Å². The second kappa shape index (κ2) is 7.92. The van der Waals surface area contributed by atoms with Crippen LogP contribution in [0.1, 0.15) is 29.3 Å². The highest BCUT2D eigenvalue weighted by Gasteiger charge is 2.23. The number of nitrogens with zero attached hydrogens (tertiary/aromatic N) is 2. The summed E-state index contributed by atoms with van der Waals surface area (Å²) in [6.07, 6.45) is 3.89. The number of aliphatic hydroxyl groups is 1. The van der Waals surface area contributed by atoms with Gasteiger partial charge in [0.05, 0.1) is 37.6 Å². The fourth-order valence-corrected chi connectivity index (χ4v) is 5.00. The Morgan fingerprint density at radius 2 is 2.19 bits per heavy atom. The number of aliphatic hydroxyl groups excluding tert-OH is 1. The lowest BCUT2D eigenvalue weighted by Gasteiger charge is -2.17. The second-order valence-corrected chi connectivity index (χ2v) is 8.47. The minimum atomic E-state index is -0.750. The average Bonchev–Trinajstić information content (AvgIpc) is 3.03. The van der Waals surface area contributed by atoms with Gasteiger partial charge in [0.2, 0.25) is 0 Å². The van der Waals surface area contributed by atoms with E-state index < -0.39 is 6.10 Å². The molecule has 0 saturated heterocycles. The minimum Gasteiger partial charge on any atom is -0.389 e. The highest BCUT2D eigenvalue weighted by molar-refractivity contribution is 7.18. The first-order valence-corrected chi connectivity index (χ1v) is 10.2. The molecule has 2 atom stereocenters. The molecule has 1 aliphatic carbocycles. The first-order valence-electron chi connectivity index (χ1n) is 9.41. The van der Waals surface area contributed by atoms with E-state index in [-0.39, 0.29) is 18.7 Å². The van der Waals surface area contributed by atoms with Crippen LogP contribution >= 0.6 is 11.3 Å². The highest BCUT2D eigenvalue weighted by Crippen LogP contribution is 2.35. The zero-order valence-corrected chi connectivity index (χ0v) is 16.2. The van der Waals surface area contributed by atoms with E-state index in [0.717, 1.165) is 35.0 Å². The summed E-state index contributed by atoms with van der Waals surface area (Å²) in [6, 6.07) is 9.83. The molecule has 0 bridgehead atoms. The van der Waals surface area contributed by atoms with Crippen LogP contribution in [0.5, 0.6) is 0 Å². The number of hydrogen-bond acceptors (Lipinski definition) is 5. The quantitative estimate of drug-likeness (QED) is 0.709. The first kappa shape index (κ1) is 18.3. The van der Waals surface area contributed by atoms with Crippen LogP contribution in [0.25, 0.3) is 10.2 Å². The van der Waals surface area contributed by atoms with Crippen LogP contribution in [0, 0.1) is 5.92 Å². The van der Waals surface area contributed by atoms with Crippen molar-refractivity contribution in [1.29, 1.82) is 0 Å². The maximum Gasteiger partial charge on any atom is 0.262 e. The monoisotopic (exact) mass is 384 g/mol. The lowest BCUT2D eigenvalue weighted by Crippen LogP contribution is -2.29. The van der Waals surface area contributed by atoms with Gasteiger partial charge in [-0.15, -0.1) is 11.3 Å². The van der Waals surface area contributed by atoms with Gasteiger partial charge in [-0.3, -0.25) is 9.36 Å². The van der Waals surface area contributed by atoms with E-state index in [9.17, 15) is 9.90 Å². The molecule has 6 heteroatoms. The Kier molecular flexibility index (Phi) is 5.38. The van der Waals surface area contributed by atoms with Crippen LogP contribution in [0.4, 0.5) is 0 Å². The van der Waals surface area contributed by atoms with Gasteiger partial charge in [0.1, 0.15) is 4.83 Å². The Labute approximate surface area is 162 Å². The van der Waals surface area contributed by atoms with E-state index in [1.54, 1.807) is 17.7 Å². The Hall–Kier alpha value is -2.02. The van der Waals surface area contributed by atoms with Crippen molar-refractivity contribution in [2.75, 3.05) is 6.61 Å². The predicted molar refractivity (Wildman–Crippen MR) is 107 cm³/mol. The average molecular weight is 385 g/mol. The topological polar surface area (TPSA) is 64.3 Å². The zero-order chi connectivity index (χ0) is 18.8. The standard InChI is InChI=1S/C21H24N2O3S/c1-14-7-8-17-18(9-14)27-20-19(17)21(25)23(13-22-20)10-16(24)12-26-11-15-5-3-2-4-6-15/h2-6,13-14,16,24H,7-12H2,1H3. The molecule has 0 fully saturated rings. The largest absolute Gasteiger partial charge is 0.389 e. The first-order chi connectivity index (χ1) is 13.1. The summed E-state index contributed by atoms with van der Waals surface area (Å²) in [4.78, 5) is 19.6. The van der Waals surface area contributed by atoms with E-state index >= 15 is 0 Å². The number of aryl methyl sites for hydroxylation is 1. The Morgan fingerprint density at radius 3 is 3.00 bits per heavy atom. The molecule has 3 aromatic rings. The van der Waals surface area contributed by atoms with Crippen LogP contribution in [-0.2, 0) is 30.7 Å². The summed E-state index contributed by atoms with van der Waals surface area (Å²) in [5.74, 6) is 0.663. The summed E-state index contributed by atoms with van der Waals surface area (Å²) < 4.78 is 7.10. The molecule has 0 amide bonds. The van der Waals surface area contributed by atoms with Crippen molar-refractivity contribution in [3.8, 4) is 0 Å². The number of aromatic nitrogens is 2. The van der Waals surface area contributed by atoms with Crippen molar-refractivity contribution in [3.05, 3.63) is 63.0 Å². The number of fused-ring (bicyclic) bond motifs is 3. The molecule has 4 rings (SSSR count). The SMILES string of the molecule is CC1CCc2c(sc3ncn(CC(O)COCc4ccccc4)c(=O)c23)C1. The molecule has 0 saturated carbocycles. The molecule has 0 radical (unpaired) electrons. The third-order valence-corrected chi connectivity index (χ3v) is 6.27. The van der Waals surface area contributed by atoms with Gasteiger partial charge in [0, 0.05) is 4.88 Å². The summed E-state index contributed by atoms with van der Waals surface area (Å²) in [6.45, 7) is 3.07. The van der Waals surface area contributed by atoms with Gasteiger partial charge in [0.25, 0.3) is 5.56 Å². The second-order valence-electron chi connectivity index (χ2n) is 7.39. The molecular formula is C21H24N2O3S. The fraction of sp³-hybridized carbons (Fsp3) is 0.429. The molecule has 0 aliphatic heterocycles. The molecule has 0 spiro atoms. The molecule has 142 valence electrons. The van der Waals surface area contributed by atoms with Crippen molar-refractivity contribution < 1.29 is 9.84 Å².